The fraction of sp³-hybridized carbons (Fsp3) is 1.00. The second kappa shape index (κ2) is 6.18. The van der Waals surface area contributed by atoms with E-state index in [1.807, 2.05) is 0 Å². The maximum atomic E-state index is 6.08. The Morgan fingerprint density at radius 2 is 1.47 bits per heavy atom. The molecule has 0 bridgehead atoms. The van der Waals surface area contributed by atoms with Gasteiger partial charge in [-0.1, -0.05) is 6.92 Å². The molecule has 0 heterocycles. The summed E-state index contributed by atoms with van der Waals surface area (Å²) in [7, 11) is -2.72. The lowest BCUT2D eigenvalue weighted by Gasteiger charge is -2.26. The summed E-state index contributed by atoms with van der Waals surface area (Å²) in [5.74, 6) is 0. The van der Waals surface area contributed by atoms with Gasteiger partial charge in [0.2, 0.25) is 0 Å². The molecule has 0 aliphatic rings. The number of rotatable bonds is 7. The van der Waals surface area contributed by atoms with Crippen LogP contribution in [0.4, 0.5) is 0 Å². The van der Waals surface area contributed by atoms with Gasteiger partial charge in [0.1, 0.15) is 0 Å². The molecule has 0 spiro atoms. The molecule has 92 valence electrons. The number of hydrogen-bond donors (Lipinski definition) is 0. The minimum atomic E-state index is -1.38. The Labute approximate surface area is 97.6 Å². The van der Waals surface area contributed by atoms with E-state index < -0.39 is 16.6 Å². The highest BCUT2D eigenvalue weighted by molar-refractivity contribution is 6.70. The normalized spacial score (nSPS) is 15.4. The predicted octanol–water partition coefficient (Wildman–Crippen LogP) is 3.86. The molecule has 0 aromatic carbocycles. The molecule has 0 fully saturated rings. The Kier molecular flexibility index (Phi) is 6.32. The van der Waals surface area contributed by atoms with E-state index in [-0.39, 0.29) is 0 Å². The molecule has 0 radical (unpaired) electrons. The van der Waals surface area contributed by atoms with Crippen LogP contribution in [-0.4, -0.2) is 29.3 Å². The smallest absolute Gasteiger partial charge is 0.184 e. The van der Waals surface area contributed by atoms with Crippen LogP contribution in [0.3, 0.4) is 0 Å². The topological polar surface area (TPSA) is 18.5 Å². The molecule has 0 saturated heterocycles. The van der Waals surface area contributed by atoms with Crippen molar-refractivity contribution in [1.29, 1.82) is 0 Å². The highest BCUT2D eigenvalue weighted by Crippen LogP contribution is 2.14. The summed E-state index contributed by atoms with van der Waals surface area (Å²) in [5.41, 5.74) is 0. The molecular formula is C11H28O2Si2. The van der Waals surface area contributed by atoms with Gasteiger partial charge in [0.05, 0.1) is 0 Å². The van der Waals surface area contributed by atoms with Crippen LogP contribution in [0.1, 0.15) is 19.8 Å². The van der Waals surface area contributed by atoms with Gasteiger partial charge < -0.3 is 8.85 Å². The summed E-state index contributed by atoms with van der Waals surface area (Å²) in [6.07, 6.45) is 2.54. The first-order valence-electron chi connectivity index (χ1n) is 5.96. The van der Waals surface area contributed by atoms with Crippen molar-refractivity contribution in [3.8, 4) is 0 Å². The molecule has 0 amide bonds. The van der Waals surface area contributed by atoms with Crippen LogP contribution in [0.5, 0.6) is 0 Å². The molecule has 2 nitrogen and oxygen atoms in total. The van der Waals surface area contributed by atoms with Gasteiger partial charge in [-0.3, -0.25) is 0 Å². The van der Waals surface area contributed by atoms with Gasteiger partial charge in [0, 0.05) is 12.7 Å². The summed E-state index contributed by atoms with van der Waals surface area (Å²) in [5, 5.41) is 0. The summed E-state index contributed by atoms with van der Waals surface area (Å²) in [4.78, 5) is 0. The Hall–Kier alpha value is 0.354. The van der Waals surface area contributed by atoms with Gasteiger partial charge in [-0.05, 0) is 52.1 Å². The Morgan fingerprint density at radius 3 is 1.80 bits per heavy atom. The molecule has 0 N–H and O–H groups in total. The van der Waals surface area contributed by atoms with Crippen LogP contribution in [0.25, 0.3) is 0 Å². The summed E-state index contributed by atoms with van der Waals surface area (Å²) >= 11 is 0. The lowest BCUT2D eigenvalue weighted by molar-refractivity contribution is 0.150. The molecule has 0 aromatic heterocycles. The third-order valence-corrected chi connectivity index (χ3v) is 4.06. The molecule has 0 aliphatic heterocycles. The third-order valence-electron chi connectivity index (χ3n) is 1.95. The largest absolute Gasteiger partial charge is 0.418 e. The Morgan fingerprint density at radius 1 is 0.933 bits per heavy atom. The highest BCUT2D eigenvalue weighted by atomic mass is 28.4. The SMILES string of the molecule is CCC(CCO[Si](C)(C)C)O[Si](C)(C)C. The molecule has 0 aliphatic carbocycles. The minimum Gasteiger partial charge on any atom is -0.418 e. The molecular weight excluding hydrogens is 220 g/mol. The van der Waals surface area contributed by atoms with Crippen LogP contribution in [0.15, 0.2) is 0 Å². The predicted molar refractivity (Wildman–Crippen MR) is 72.4 cm³/mol. The quantitative estimate of drug-likeness (QED) is 0.637. The third kappa shape index (κ3) is 10.6. The maximum absolute atomic E-state index is 6.08. The first-order chi connectivity index (χ1) is 6.64. The van der Waals surface area contributed by atoms with Crippen molar-refractivity contribution in [3.63, 3.8) is 0 Å². The summed E-state index contributed by atoms with van der Waals surface area (Å²) < 4.78 is 11.9. The fourth-order valence-electron chi connectivity index (χ4n) is 1.34. The zero-order chi connectivity index (χ0) is 12.1. The van der Waals surface area contributed by atoms with Gasteiger partial charge in [0.15, 0.2) is 16.6 Å². The zero-order valence-corrected chi connectivity index (χ0v) is 13.5. The van der Waals surface area contributed by atoms with Crippen LogP contribution >= 0.6 is 0 Å². The van der Waals surface area contributed by atoms with Crippen molar-refractivity contribution in [2.45, 2.75) is 65.2 Å². The average molecular weight is 249 g/mol. The second-order valence-corrected chi connectivity index (χ2v) is 15.0. The zero-order valence-electron chi connectivity index (χ0n) is 11.5. The van der Waals surface area contributed by atoms with E-state index in [4.69, 9.17) is 8.85 Å². The van der Waals surface area contributed by atoms with Gasteiger partial charge >= 0.3 is 0 Å². The van der Waals surface area contributed by atoms with Crippen molar-refractivity contribution >= 4 is 16.6 Å². The minimum absolute atomic E-state index is 0.396. The highest BCUT2D eigenvalue weighted by Gasteiger charge is 2.21. The van der Waals surface area contributed by atoms with Crippen LogP contribution in [0.2, 0.25) is 39.3 Å². The van der Waals surface area contributed by atoms with E-state index in [1.54, 1.807) is 0 Å². The van der Waals surface area contributed by atoms with Crippen LogP contribution in [0, 0.1) is 0 Å². The molecule has 0 aromatic rings. The van der Waals surface area contributed by atoms with Gasteiger partial charge in [-0.2, -0.15) is 0 Å². The lowest BCUT2D eigenvalue weighted by atomic mass is 10.2. The molecule has 1 unspecified atom stereocenters. The van der Waals surface area contributed by atoms with Crippen molar-refractivity contribution < 1.29 is 8.85 Å². The van der Waals surface area contributed by atoms with E-state index in [0.717, 1.165) is 19.4 Å². The summed E-state index contributed by atoms with van der Waals surface area (Å²) in [6, 6.07) is 0. The lowest BCUT2D eigenvalue weighted by Crippen LogP contribution is -2.33. The van der Waals surface area contributed by atoms with Gasteiger partial charge in [0.25, 0.3) is 0 Å². The van der Waals surface area contributed by atoms with Crippen molar-refractivity contribution in [2.24, 2.45) is 0 Å². The standard InChI is InChI=1S/C11H28O2Si2/c1-8-11(13-15(5,6)7)9-10-12-14(2,3)4/h11H,8-10H2,1-7H3. The maximum Gasteiger partial charge on any atom is 0.184 e. The number of hydrogen-bond acceptors (Lipinski definition) is 2. The van der Waals surface area contributed by atoms with E-state index >= 15 is 0 Å². The van der Waals surface area contributed by atoms with Crippen molar-refractivity contribution in [1.82, 2.24) is 0 Å². The van der Waals surface area contributed by atoms with Crippen LogP contribution in [-0.2, 0) is 8.85 Å². The van der Waals surface area contributed by atoms with Crippen LogP contribution < -0.4 is 0 Å². The molecule has 0 rings (SSSR count). The fourth-order valence-corrected chi connectivity index (χ4v) is 3.36. The Balaban J connectivity index is 3.82. The van der Waals surface area contributed by atoms with E-state index in [9.17, 15) is 0 Å². The van der Waals surface area contributed by atoms with E-state index in [0.29, 0.717) is 6.10 Å². The Bertz CT molecular complexity index is 170. The summed E-state index contributed by atoms with van der Waals surface area (Å²) in [6.45, 7) is 16.5. The average Bonchev–Trinajstić information content (AvgIpc) is 1.97. The van der Waals surface area contributed by atoms with Crippen molar-refractivity contribution in [3.05, 3.63) is 0 Å². The monoisotopic (exact) mass is 248 g/mol. The molecule has 0 saturated carbocycles. The first-order valence-corrected chi connectivity index (χ1v) is 12.8. The van der Waals surface area contributed by atoms with Gasteiger partial charge in [-0.15, -0.1) is 0 Å². The first kappa shape index (κ1) is 15.4. The molecule has 1 atom stereocenters. The van der Waals surface area contributed by atoms with E-state index in [2.05, 4.69) is 46.2 Å². The second-order valence-electron chi connectivity index (χ2n) is 6.01. The molecule has 4 heteroatoms. The van der Waals surface area contributed by atoms with E-state index in [1.165, 1.54) is 0 Å². The van der Waals surface area contributed by atoms with Crippen molar-refractivity contribution in [2.75, 3.05) is 6.61 Å². The molecule has 15 heavy (non-hydrogen) atoms. The van der Waals surface area contributed by atoms with Gasteiger partial charge in [-0.25, -0.2) is 0 Å².